The first-order chi connectivity index (χ1) is 56.1. The number of imide groups is 1. The summed E-state index contributed by atoms with van der Waals surface area (Å²) in [5, 5.41) is 55.0. The third kappa shape index (κ3) is 25.0. The number of fused-ring (bicyclic) bond motifs is 6. The highest BCUT2D eigenvalue weighted by Gasteiger charge is 2.49. The van der Waals surface area contributed by atoms with Gasteiger partial charge in [0.1, 0.15) is 24.1 Å². The van der Waals surface area contributed by atoms with Gasteiger partial charge >= 0.3 is 18.1 Å². The minimum absolute atomic E-state index is 0.0276. The lowest BCUT2D eigenvalue weighted by atomic mass is 9.89. The lowest BCUT2D eigenvalue weighted by molar-refractivity contribution is -0.270. The number of carbonyl (C=O) groups is 11. The molecule has 9 atom stereocenters. The molecule has 1 fully saturated rings. The van der Waals surface area contributed by atoms with E-state index in [1.165, 1.54) is 44.6 Å². The third-order valence-corrected chi connectivity index (χ3v) is 23.4. The number of ether oxygens (including phenoxy) is 9. The van der Waals surface area contributed by atoms with Gasteiger partial charge < -0.3 is 104 Å². The second-order valence-electron chi connectivity index (χ2n) is 29.2. The number of urea groups is 1. The number of carbonyl (C=O) groups excluding carboxylic acids is 10. The molecule has 5 aromatic rings. The number of hydrogen-bond acceptors (Lipinski definition) is 25. The molecule has 4 aliphatic heterocycles. The Morgan fingerprint density at radius 3 is 1.69 bits per heavy atom. The Morgan fingerprint density at radius 2 is 1.17 bits per heavy atom. The lowest BCUT2D eigenvalue weighted by Crippen LogP contribution is -2.61. The molecule has 0 radical (unpaired) electrons. The van der Waals surface area contributed by atoms with Crippen LogP contribution in [0.2, 0.25) is 0 Å². The van der Waals surface area contributed by atoms with Gasteiger partial charge in [-0.3, -0.25) is 43.3 Å². The Hall–Kier alpha value is -8.53. The van der Waals surface area contributed by atoms with Gasteiger partial charge in [0, 0.05) is 149 Å². The highest BCUT2D eigenvalue weighted by molar-refractivity contribution is 7.18. The van der Waals surface area contributed by atoms with E-state index in [2.05, 4.69) is 16.0 Å². The van der Waals surface area contributed by atoms with E-state index in [0.29, 0.717) is 92.2 Å². The maximum atomic E-state index is 14.4. The zero-order valence-electron chi connectivity index (χ0n) is 66.4. The van der Waals surface area contributed by atoms with Crippen molar-refractivity contribution >= 4 is 148 Å². The monoisotopic (exact) mass is 1710 g/mol. The van der Waals surface area contributed by atoms with Gasteiger partial charge in [-0.15, -0.1) is 45.9 Å². The molecule has 0 bridgehead atoms. The van der Waals surface area contributed by atoms with Crippen LogP contribution in [0.25, 0.3) is 20.2 Å². The van der Waals surface area contributed by atoms with E-state index in [4.69, 9.17) is 71.6 Å². The Balaban J connectivity index is 0.685. The van der Waals surface area contributed by atoms with Crippen molar-refractivity contribution in [1.29, 1.82) is 0 Å². The topological polar surface area (TPSA) is 430 Å². The summed E-state index contributed by atoms with van der Waals surface area (Å²) in [6.45, 7) is 12.0. The van der Waals surface area contributed by atoms with Crippen LogP contribution in [-0.4, -0.2) is 282 Å². The number of amides is 10. The highest BCUT2D eigenvalue weighted by Crippen LogP contribution is 2.51. The van der Waals surface area contributed by atoms with Crippen molar-refractivity contribution in [2.75, 3.05) is 160 Å². The van der Waals surface area contributed by atoms with Crippen LogP contribution in [0.15, 0.2) is 59.3 Å². The maximum absolute atomic E-state index is 14.4. The largest absolute Gasteiger partial charge is 0.479 e. The van der Waals surface area contributed by atoms with Crippen molar-refractivity contribution in [1.82, 2.24) is 25.3 Å². The number of benzene rings is 3. The number of carboxylic acids is 1. The van der Waals surface area contributed by atoms with E-state index in [1.807, 2.05) is 24.6 Å². The van der Waals surface area contributed by atoms with Crippen molar-refractivity contribution in [3.05, 3.63) is 87.1 Å². The SMILES string of the molecule is Cc1csc2c(OC(=O)N(C)CCN(C)C(=O)CCc3ccc(NC(=O)[C@H](CCCNC(N)=O)CC(=O)[C@@H](NC(=O)CCOCCOCCOCCOCCOCCOCCN4C(=O)C=CC4=O)C(C)C)cc3)cc3c(c12)[C@H](CCl)CN3C(=O)CCCC(=O)N1C[C@@H](CCl)c2c1cc(O[C@@H]1O[C@H](C(=O)O)[C@@H](O)[C@H](O)[C@H]1O)c1scc(C)c21. The van der Waals surface area contributed by atoms with E-state index in [0.717, 1.165) is 43.5 Å². The molecule has 117 heavy (non-hydrogen) atoms. The van der Waals surface area contributed by atoms with Gasteiger partial charge in [0.05, 0.1) is 113 Å². The Labute approximate surface area is 695 Å². The summed E-state index contributed by atoms with van der Waals surface area (Å²) >= 11 is 15.9. The van der Waals surface area contributed by atoms with Crippen LogP contribution in [0, 0.1) is 25.7 Å². The molecule has 0 aliphatic carbocycles. The van der Waals surface area contributed by atoms with Gasteiger partial charge in [-0.05, 0) is 96.2 Å². The summed E-state index contributed by atoms with van der Waals surface area (Å²) < 4.78 is 52.0. The van der Waals surface area contributed by atoms with E-state index >= 15 is 0 Å². The highest BCUT2D eigenvalue weighted by atomic mass is 35.5. The number of halogens is 2. The average molecular weight is 1710 g/mol. The third-order valence-electron chi connectivity index (χ3n) is 20.5. The molecule has 1 saturated heterocycles. The van der Waals surface area contributed by atoms with Crippen molar-refractivity contribution in [3.63, 3.8) is 0 Å². The van der Waals surface area contributed by atoms with Crippen LogP contribution in [0.3, 0.4) is 0 Å². The van der Waals surface area contributed by atoms with Crippen LogP contribution in [0.4, 0.5) is 26.7 Å². The molecule has 10 amide bonds. The fourth-order valence-electron chi connectivity index (χ4n) is 14.1. The number of anilines is 3. The normalized spacial score (nSPS) is 18.8. The number of carboxylic acid groups (broad SMARTS) is 1. The molecule has 6 heterocycles. The number of rotatable bonds is 48. The molecule has 3 aromatic carbocycles. The summed E-state index contributed by atoms with van der Waals surface area (Å²) in [5.74, 6) is -5.30. The second-order valence-corrected chi connectivity index (χ2v) is 31.6. The van der Waals surface area contributed by atoms with Gasteiger partial charge in [0.25, 0.3) is 11.8 Å². The van der Waals surface area contributed by atoms with Gasteiger partial charge in [0.2, 0.25) is 35.8 Å². The number of likely N-dealkylation sites (N-methyl/N-ethyl adjacent to an activating group) is 2. The summed E-state index contributed by atoms with van der Waals surface area (Å²) in [5.41, 5.74) is 10.9. The number of alkyl halides is 2. The molecule has 0 spiro atoms. The van der Waals surface area contributed by atoms with Crippen LogP contribution >= 0.6 is 45.9 Å². The van der Waals surface area contributed by atoms with Gasteiger partial charge in [0.15, 0.2) is 17.6 Å². The number of Topliss-reactive ketones (excluding diaryl/α,β-unsaturated/α-hetero) is 1. The molecule has 9 rings (SSSR count). The van der Waals surface area contributed by atoms with Crippen LogP contribution in [0.5, 0.6) is 11.5 Å². The number of aliphatic hydroxyl groups excluding tert-OH is 3. The fraction of sp³-hybridized carbons (Fsp3) is 0.562. The summed E-state index contributed by atoms with van der Waals surface area (Å²) in [4.78, 5) is 151. The molecule has 33 nitrogen and oxygen atoms in total. The second kappa shape index (κ2) is 45.0. The number of primary amides is 1. The van der Waals surface area contributed by atoms with E-state index in [-0.39, 0.29) is 187 Å². The lowest BCUT2D eigenvalue weighted by Gasteiger charge is -2.38. The maximum Gasteiger partial charge on any atom is 0.415 e. The first-order valence-corrected chi connectivity index (χ1v) is 41.8. The Bertz CT molecular complexity index is 4320. The molecule has 4 aliphatic rings. The van der Waals surface area contributed by atoms with Crippen molar-refractivity contribution in [2.45, 2.75) is 134 Å². The Morgan fingerprint density at radius 1 is 0.658 bits per heavy atom. The van der Waals surface area contributed by atoms with Gasteiger partial charge in [-0.25, -0.2) is 14.4 Å². The number of ketones is 1. The van der Waals surface area contributed by atoms with Crippen LogP contribution in [-0.2, 0) is 82.7 Å². The predicted octanol–water partition coefficient (Wildman–Crippen LogP) is 6.25. The smallest absolute Gasteiger partial charge is 0.415 e. The van der Waals surface area contributed by atoms with Crippen LogP contribution in [0.1, 0.15) is 105 Å². The number of aliphatic carboxylic acids is 1. The minimum atomic E-state index is -1.93. The van der Waals surface area contributed by atoms with Crippen molar-refractivity contribution in [2.24, 2.45) is 17.6 Å². The number of thiophene rings is 2. The predicted molar refractivity (Wildman–Crippen MR) is 435 cm³/mol. The minimum Gasteiger partial charge on any atom is -0.479 e. The van der Waals surface area contributed by atoms with E-state index in [1.54, 1.807) is 74.1 Å². The first kappa shape index (κ1) is 92.4. The van der Waals surface area contributed by atoms with Gasteiger partial charge in [-0.2, -0.15) is 0 Å². The first-order valence-electron chi connectivity index (χ1n) is 38.9. The summed E-state index contributed by atoms with van der Waals surface area (Å²) in [7, 11) is 3.18. The molecule has 0 saturated carbocycles. The summed E-state index contributed by atoms with van der Waals surface area (Å²) in [6.07, 6.45) is -6.73. The average Bonchev–Trinajstić information content (AvgIpc) is 1.59. The Kier molecular flexibility index (Phi) is 35.5. The summed E-state index contributed by atoms with van der Waals surface area (Å²) in [6, 6.07) is 8.55. The van der Waals surface area contributed by atoms with Gasteiger partial charge in [-0.1, -0.05) is 26.0 Å². The number of hydrogen-bond donors (Lipinski definition) is 8. The molecule has 2 aromatic heterocycles. The number of nitrogens with one attached hydrogen (secondary N) is 3. The zero-order valence-corrected chi connectivity index (χ0v) is 69.5. The molecule has 0 unspecified atom stereocenters. The zero-order chi connectivity index (χ0) is 84.6. The fourth-order valence-corrected chi connectivity index (χ4v) is 16.6. The quantitative estimate of drug-likeness (QED) is 0.0121. The number of aliphatic hydroxyl groups is 3. The number of nitrogens with zero attached hydrogens (tertiary/aromatic N) is 5. The molecule has 9 N–H and O–H groups in total. The van der Waals surface area contributed by atoms with Crippen molar-refractivity contribution < 1.29 is 116 Å². The van der Waals surface area contributed by atoms with Crippen molar-refractivity contribution in [3.8, 4) is 11.5 Å². The van der Waals surface area contributed by atoms with E-state index in [9.17, 15) is 73.2 Å². The van der Waals surface area contributed by atoms with Crippen LogP contribution < -0.4 is 41.0 Å². The number of nitrogens with two attached hydrogens (primary N) is 1. The molecular weight excluding hydrogens is 1610 g/mol. The number of aryl methyl sites for hydroxylation is 3. The molecule has 640 valence electrons. The molecule has 37 heteroatoms. The standard InChI is InChI=1S/C80H105Cl2N9O24S2/c1-46(2)69(86-59(93)20-25-107-27-29-109-31-33-111-35-36-112-34-32-110-30-28-108-26-24-89-63(97)18-19-64(89)98)56(92)37-50(9-8-21-84-79(83)105)76(102)85-53-15-12-49(13-16-53)14-17-60(94)87(5)22-23-88(6)80(106)114-58-39-55-68(66-48(4)45-117-75(58)66)52(41-82)43-91(55)62(96)11-7-10-61(95)90-42-51(40-81)67-54(90)38-57(74-65(67)47(3)44-116-74)113-78-72(101)70(99)71(100)73(115-78)77(103)104/h12-13,15-16,18-19,38-39,44-46,50-52,69-73,78,99-101H,7-11,14,17,20-37,40-43H2,1-6H3,(H,85,102)(H,86,93)(H,103,104)(H3,83,84,105)/t50-,51-,52-,69+,70+,71+,72-,73+,78-/m1/s1. The van der Waals surface area contributed by atoms with E-state index < -0.39 is 72.6 Å². The molecular formula is C80H105Cl2N9O24S2.